The minimum absolute atomic E-state index is 0.0244. The van der Waals surface area contributed by atoms with Gasteiger partial charge in [-0.1, -0.05) is 38.5 Å². The first-order valence-electron chi connectivity index (χ1n) is 8.64. The van der Waals surface area contributed by atoms with Crippen LogP contribution < -0.4 is 10.6 Å². The maximum atomic E-state index is 11.7. The van der Waals surface area contributed by atoms with E-state index in [-0.39, 0.29) is 11.9 Å². The Bertz CT molecular complexity index is 327. The van der Waals surface area contributed by atoms with Crippen molar-refractivity contribution in [3.05, 3.63) is 0 Å². The van der Waals surface area contributed by atoms with Gasteiger partial charge in [-0.05, 0) is 18.6 Å². The summed E-state index contributed by atoms with van der Waals surface area (Å²) in [6.07, 6.45) is 10.3. The van der Waals surface area contributed by atoms with Gasteiger partial charge in [-0.3, -0.25) is 4.79 Å². The van der Waals surface area contributed by atoms with Crippen LogP contribution in [0.1, 0.15) is 57.8 Å². The van der Waals surface area contributed by atoms with E-state index < -0.39 is 0 Å². The van der Waals surface area contributed by atoms with Gasteiger partial charge >= 0.3 is 6.03 Å². The van der Waals surface area contributed by atoms with E-state index >= 15 is 0 Å². The molecule has 1 saturated heterocycles. The summed E-state index contributed by atoms with van der Waals surface area (Å²) in [5, 5.41) is 5.64. The molecule has 1 aliphatic rings. The molecule has 0 spiro atoms. The number of amides is 3. The number of rotatable bonds is 13. The molecule has 0 aromatic carbocycles. The fraction of sp³-hybridized carbons (Fsp3) is 0.875. The van der Waals surface area contributed by atoms with Crippen LogP contribution in [-0.4, -0.2) is 48.8 Å². The Balaban J connectivity index is 1.84. The molecule has 0 bridgehead atoms. The molecule has 0 unspecified atom stereocenters. The Morgan fingerprint density at radius 2 is 1.73 bits per heavy atom. The van der Waals surface area contributed by atoms with E-state index in [4.69, 9.17) is 0 Å². The molecule has 1 fully saturated rings. The van der Waals surface area contributed by atoms with Crippen molar-refractivity contribution >= 4 is 24.6 Å². The first kappa shape index (κ1) is 19.1. The predicted molar refractivity (Wildman–Crippen MR) is 93.4 cm³/mol. The maximum absolute atomic E-state index is 11.7. The van der Waals surface area contributed by atoms with Crippen molar-refractivity contribution in [2.24, 2.45) is 0 Å². The Kier molecular flexibility index (Phi) is 11.0. The van der Waals surface area contributed by atoms with Crippen molar-refractivity contribution in [1.82, 2.24) is 15.5 Å². The van der Waals surface area contributed by atoms with Crippen molar-refractivity contribution in [3.63, 3.8) is 0 Å². The second kappa shape index (κ2) is 12.6. The molecule has 0 atom stereocenters. The van der Waals surface area contributed by atoms with Crippen LogP contribution in [0.4, 0.5) is 4.79 Å². The number of hydrogen-bond donors (Lipinski definition) is 3. The minimum Gasteiger partial charge on any atom is -0.354 e. The van der Waals surface area contributed by atoms with Gasteiger partial charge in [-0.25, -0.2) is 4.79 Å². The Labute approximate surface area is 140 Å². The Morgan fingerprint density at radius 3 is 2.32 bits per heavy atom. The average Bonchev–Trinajstić information content (AvgIpc) is 2.91. The highest BCUT2D eigenvalue weighted by Crippen LogP contribution is 2.09. The lowest BCUT2D eigenvalue weighted by molar-refractivity contribution is -0.121. The maximum Gasteiger partial charge on any atom is 0.317 e. The lowest BCUT2D eigenvalue weighted by Gasteiger charge is -2.14. The molecule has 1 aliphatic heterocycles. The number of carbonyl (C=O) groups excluding carboxylic acids is 2. The lowest BCUT2D eigenvalue weighted by atomic mass is 10.1. The third kappa shape index (κ3) is 9.18. The molecule has 0 aromatic heterocycles. The molecule has 3 amide bonds. The van der Waals surface area contributed by atoms with Crippen LogP contribution in [0.5, 0.6) is 0 Å². The van der Waals surface area contributed by atoms with Crippen LogP contribution in [0, 0.1) is 0 Å². The molecule has 0 radical (unpaired) electrons. The predicted octanol–water partition coefficient (Wildman–Crippen LogP) is 2.57. The summed E-state index contributed by atoms with van der Waals surface area (Å²) in [6, 6.07) is -0.0244. The summed E-state index contributed by atoms with van der Waals surface area (Å²) in [4.78, 5) is 24.7. The lowest BCUT2D eigenvalue weighted by Crippen LogP contribution is -2.36. The van der Waals surface area contributed by atoms with Crippen molar-refractivity contribution in [2.45, 2.75) is 57.8 Å². The number of nitrogens with one attached hydrogen (secondary N) is 2. The topological polar surface area (TPSA) is 61.4 Å². The highest BCUT2D eigenvalue weighted by Gasteiger charge is 2.18. The summed E-state index contributed by atoms with van der Waals surface area (Å²) in [7, 11) is 0. The second-order valence-corrected chi connectivity index (χ2v) is 6.32. The summed E-state index contributed by atoms with van der Waals surface area (Å²) < 4.78 is 0. The summed E-state index contributed by atoms with van der Waals surface area (Å²) in [5.74, 6) is 1.10. The highest BCUT2D eigenvalue weighted by atomic mass is 32.1. The third-order valence-electron chi connectivity index (χ3n) is 3.96. The normalized spacial score (nSPS) is 14.2. The molecule has 0 aliphatic carbocycles. The van der Waals surface area contributed by atoms with Gasteiger partial charge in [-0.15, -0.1) is 0 Å². The second-order valence-electron chi connectivity index (χ2n) is 5.87. The number of carbonyl (C=O) groups is 2. The summed E-state index contributed by atoms with van der Waals surface area (Å²) in [5.41, 5.74) is 0. The SMILES string of the molecule is O=C(CCCCCCCCCCS)NCCN1CCNC1=O. The first-order valence-corrected chi connectivity index (χ1v) is 9.27. The standard InChI is InChI=1S/C16H31N3O2S/c20-15(17-10-12-19-13-11-18-16(19)21)9-7-5-3-1-2-4-6-8-14-22/h22H,1-14H2,(H,17,20)(H,18,21). The summed E-state index contributed by atoms with van der Waals surface area (Å²) in [6.45, 7) is 2.60. The quantitative estimate of drug-likeness (QED) is 0.359. The van der Waals surface area contributed by atoms with Gasteiger partial charge in [0.15, 0.2) is 0 Å². The van der Waals surface area contributed by atoms with Crippen LogP contribution in [0.25, 0.3) is 0 Å². The Morgan fingerprint density at radius 1 is 1.09 bits per heavy atom. The van der Waals surface area contributed by atoms with Crippen LogP contribution in [0.2, 0.25) is 0 Å². The molecule has 5 nitrogen and oxygen atoms in total. The molecule has 0 aromatic rings. The van der Waals surface area contributed by atoms with E-state index in [9.17, 15) is 9.59 Å². The largest absolute Gasteiger partial charge is 0.354 e. The van der Waals surface area contributed by atoms with Gasteiger partial charge in [-0.2, -0.15) is 12.6 Å². The van der Waals surface area contributed by atoms with E-state index in [0.717, 1.165) is 25.1 Å². The molecule has 1 heterocycles. The van der Waals surface area contributed by atoms with Gasteiger partial charge in [0, 0.05) is 32.6 Å². The third-order valence-corrected chi connectivity index (χ3v) is 4.28. The van der Waals surface area contributed by atoms with Crippen LogP contribution in [-0.2, 0) is 4.79 Å². The fourth-order valence-electron chi connectivity index (χ4n) is 2.60. The Hall–Kier alpha value is -0.910. The van der Waals surface area contributed by atoms with E-state index in [1.807, 2.05) is 0 Å². The van der Waals surface area contributed by atoms with Crippen LogP contribution in [0.15, 0.2) is 0 Å². The van der Waals surface area contributed by atoms with Crippen molar-refractivity contribution in [1.29, 1.82) is 0 Å². The van der Waals surface area contributed by atoms with Crippen LogP contribution >= 0.6 is 12.6 Å². The van der Waals surface area contributed by atoms with Crippen molar-refractivity contribution in [3.8, 4) is 0 Å². The number of hydrogen-bond acceptors (Lipinski definition) is 3. The molecule has 1 rings (SSSR count). The smallest absolute Gasteiger partial charge is 0.317 e. The molecule has 6 heteroatoms. The van der Waals surface area contributed by atoms with E-state index in [1.54, 1.807) is 4.90 Å². The zero-order valence-corrected chi connectivity index (χ0v) is 14.5. The van der Waals surface area contributed by atoms with Gasteiger partial charge in [0.05, 0.1) is 0 Å². The average molecular weight is 330 g/mol. The molecule has 22 heavy (non-hydrogen) atoms. The number of urea groups is 1. The highest BCUT2D eigenvalue weighted by molar-refractivity contribution is 7.80. The number of thiol groups is 1. The fourth-order valence-corrected chi connectivity index (χ4v) is 2.82. The minimum atomic E-state index is -0.0244. The van der Waals surface area contributed by atoms with Gasteiger partial charge in [0.1, 0.15) is 0 Å². The van der Waals surface area contributed by atoms with Gasteiger partial charge < -0.3 is 15.5 Å². The molecular weight excluding hydrogens is 298 g/mol. The summed E-state index contributed by atoms with van der Waals surface area (Å²) >= 11 is 4.20. The first-order chi connectivity index (χ1) is 10.7. The van der Waals surface area contributed by atoms with E-state index in [2.05, 4.69) is 23.3 Å². The monoisotopic (exact) mass is 329 g/mol. The zero-order chi connectivity index (χ0) is 16.0. The molecule has 128 valence electrons. The number of unbranched alkanes of at least 4 members (excludes halogenated alkanes) is 7. The van der Waals surface area contributed by atoms with Crippen molar-refractivity contribution < 1.29 is 9.59 Å². The molecular formula is C16H31N3O2S. The van der Waals surface area contributed by atoms with Gasteiger partial charge in [0.2, 0.25) is 5.91 Å². The van der Waals surface area contributed by atoms with Crippen LogP contribution in [0.3, 0.4) is 0 Å². The molecule has 0 saturated carbocycles. The number of nitrogens with zero attached hydrogens (tertiary/aromatic N) is 1. The zero-order valence-electron chi connectivity index (χ0n) is 13.6. The van der Waals surface area contributed by atoms with E-state index in [0.29, 0.717) is 26.1 Å². The van der Waals surface area contributed by atoms with Gasteiger partial charge in [0.25, 0.3) is 0 Å². The van der Waals surface area contributed by atoms with E-state index in [1.165, 1.54) is 38.5 Å². The molecule has 2 N–H and O–H groups in total. The van der Waals surface area contributed by atoms with Crippen molar-refractivity contribution in [2.75, 3.05) is 31.9 Å².